The average Bonchev–Trinajstić information content (AvgIpc) is 1.84. The first-order valence-corrected chi connectivity index (χ1v) is 4.07. The van der Waals surface area contributed by atoms with Crippen molar-refractivity contribution in [3.63, 3.8) is 0 Å². The third-order valence-corrected chi connectivity index (χ3v) is 1.48. The highest BCUT2D eigenvalue weighted by molar-refractivity contribution is 4.69. The molecule has 0 aromatic rings. The van der Waals surface area contributed by atoms with Gasteiger partial charge in [-0.25, -0.2) is 0 Å². The van der Waals surface area contributed by atoms with E-state index >= 15 is 0 Å². The van der Waals surface area contributed by atoms with Gasteiger partial charge in [0.2, 0.25) is 0 Å². The molecule has 0 amide bonds. The van der Waals surface area contributed by atoms with Gasteiger partial charge in [0.15, 0.2) is 0 Å². The van der Waals surface area contributed by atoms with Gasteiger partial charge in [-0.1, -0.05) is 0 Å². The third-order valence-electron chi connectivity index (χ3n) is 1.48. The summed E-state index contributed by atoms with van der Waals surface area (Å²) in [5.74, 6) is 0. The molecule has 0 fully saturated rings. The number of ether oxygens (including phenoxy) is 1. The van der Waals surface area contributed by atoms with Crippen LogP contribution in [0.15, 0.2) is 0 Å². The quantitative estimate of drug-likeness (QED) is 0.615. The lowest BCUT2D eigenvalue weighted by Crippen LogP contribution is -2.33. The van der Waals surface area contributed by atoms with Crippen molar-refractivity contribution in [2.45, 2.75) is 38.8 Å². The molecule has 0 aliphatic carbocycles. The van der Waals surface area contributed by atoms with Crippen LogP contribution in [0.4, 0.5) is 0 Å². The van der Waals surface area contributed by atoms with Crippen molar-refractivity contribution < 1.29 is 4.74 Å². The molecular weight excluding hydrogens is 140 g/mol. The number of rotatable bonds is 5. The predicted octanol–water partition coefficient (Wildman–Crippen LogP) is 0.478. The molecule has 0 aliphatic heterocycles. The maximum Gasteiger partial charge on any atom is 0.0639 e. The topological polar surface area (TPSA) is 61.3 Å². The summed E-state index contributed by atoms with van der Waals surface area (Å²) in [5, 5.41) is 0. The van der Waals surface area contributed by atoms with Crippen LogP contribution in [-0.4, -0.2) is 24.8 Å². The summed E-state index contributed by atoms with van der Waals surface area (Å²) in [4.78, 5) is 0. The van der Waals surface area contributed by atoms with Crippen molar-refractivity contribution >= 4 is 0 Å². The number of hydrogen-bond acceptors (Lipinski definition) is 3. The normalized spacial score (nSPS) is 15.0. The van der Waals surface area contributed by atoms with Crippen molar-refractivity contribution in [2.24, 2.45) is 11.5 Å². The summed E-state index contributed by atoms with van der Waals surface area (Å²) in [5.41, 5.74) is 10.8. The van der Waals surface area contributed by atoms with E-state index in [1.807, 2.05) is 20.8 Å². The summed E-state index contributed by atoms with van der Waals surface area (Å²) < 4.78 is 5.53. The van der Waals surface area contributed by atoms with Gasteiger partial charge in [0.1, 0.15) is 0 Å². The van der Waals surface area contributed by atoms with Crippen molar-refractivity contribution in [3.8, 4) is 0 Å². The molecule has 0 aliphatic rings. The Labute approximate surface area is 69.1 Å². The Morgan fingerprint density at radius 3 is 2.36 bits per heavy atom. The molecule has 0 saturated carbocycles. The zero-order chi connectivity index (χ0) is 8.91. The molecule has 11 heavy (non-hydrogen) atoms. The fourth-order valence-corrected chi connectivity index (χ4v) is 0.777. The fourth-order valence-electron chi connectivity index (χ4n) is 0.777. The highest BCUT2D eigenvalue weighted by atomic mass is 16.5. The van der Waals surface area contributed by atoms with Crippen LogP contribution in [-0.2, 0) is 4.74 Å². The standard InChI is InChI=1S/C8H20N2O/c1-7(10)6-11-8(2,3)4-5-9/h7H,4-6,9-10H2,1-3H3. The minimum absolute atomic E-state index is 0.104. The van der Waals surface area contributed by atoms with E-state index in [2.05, 4.69) is 0 Å². The molecule has 4 N–H and O–H groups in total. The summed E-state index contributed by atoms with van der Waals surface area (Å²) >= 11 is 0. The predicted molar refractivity (Wildman–Crippen MR) is 47.4 cm³/mol. The van der Waals surface area contributed by atoms with Gasteiger partial charge >= 0.3 is 0 Å². The zero-order valence-corrected chi connectivity index (χ0v) is 7.76. The molecule has 3 heteroatoms. The highest BCUT2D eigenvalue weighted by Gasteiger charge is 2.17. The molecular formula is C8H20N2O. The summed E-state index contributed by atoms with van der Waals surface area (Å²) in [7, 11) is 0. The lowest BCUT2D eigenvalue weighted by Gasteiger charge is -2.25. The molecule has 0 rings (SSSR count). The Balaban J connectivity index is 3.54. The molecule has 0 heterocycles. The molecule has 0 bridgehead atoms. The van der Waals surface area contributed by atoms with Crippen molar-refractivity contribution in [3.05, 3.63) is 0 Å². The minimum atomic E-state index is -0.123. The van der Waals surface area contributed by atoms with Crippen LogP contribution in [0.5, 0.6) is 0 Å². The Bertz CT molecular complexity index is 102. The van der Waals surface area contributed by atoms with E-state index in [4.69, 9.17) is 16.2 Å². The van der Waals surface area contributed by atoms with Crippen LogP contribution in [0.1, 0.15) is 27.2 Å². The highest BCUT2D eigenvalue weighted by Crippen LogP contribution is 2.12. The maximum atomic E-state index is 5.54. The molecule has 1 unspecified atom stereocenters. The van der Waals surface area contributed by atoms with Gasteiger partial charge in [0.25, 0.3) is 0 Å². The van der Waals surface area contributed by atoms with Crippen LogP contribution in [0, 0.1) is 0 Å². The van der Waals surface area contributed by atoms with Gasteiger partial charge in [-0.2, -0.15) is 0 Å². The van der Waals surface area contributed by atoms with Gasteiger partial charge < -0.3 is 16.2 Å². The second kappa shape index (κ2) is 4.70. The smallest absolute Gasteiger partial charge is 0.0639 e. The van der Waals surface area contributed by atoms with Crippen LogP contribution < -0.4 is 11.5 Å². The van der Waals surface area contributed by atoms with Gasteiger partial charge in [0, 0.05) is 6.04 Å². The molecule has 0 aromatic carbocycles. The number of nitrogens with two attached hydrogens (primary N) is 2. The summed E-state index contributed by atoms with van der Waals surface area (Å²) in [6.07, 6.45) is 0.875. The third kappa shape index (κ3) is 6.28. The molecule has 0 saturated heterocycles. The SMILES string of the molecule is CC(N)COC(C)(C)CCN. The second-order valence-electron chi connectivity index (χ2n) is 3.59. The van der Waals surface area contributed by atoms with E-state index in [-0.39, 0.29) is 11.6 Å². The van der Waals surface area contributed by atoms with Gasteiger partial charge in [-0.05, 0) is 33.7 Å². The monoisotopic (exact) mass is 160 g/mol. The molecule has 68 valence electrons. The fraction of sp³-hybridized carbons (Fsp3) is 1.00. The van der Waals surface area contributed by atoms with E-state index in [1.165, 1.54) is 0 Å². The molecule has 0 aromatic heterocycles. The first kappa shape index (κ1) is 10.9. The van der Waals surface area contributed by atoms with Gasteiger partial charge in [-0.15, -0.1) is 0 Å². The average molecular weight is 160 g/mol. The second-order valence-corrected chi connectivity index (χ2v) is 3.59. The molecule has 0 spiro atoms. The van der Waals surface area contributed by atoms with Gasteiger partial charge in [0.05, 0.1) is 12.2 Å². The Morgan fingerprint density at radius 1 is 1.45 bits per heavy atom. The van der Waals surface area contributed by atoms with Crippen molar-refractivity contribution in [1.82, 2.24) is 0 Å². The van der Waals surface area contributed by atoms with E-state index < -0.39 is 0 Å². The van der Waals surface area contributed by atoms with Crippen molar-refractivity contribution in [2.75, 3.05) is 13.2 Å². The first-order chi connectivity index (χ1) is 4.98. The van der Waals surface area contributed by atoms with E-state index in [9.17, 15) is 0 Å². The van der Waals surface area contributed by atoms with Crippen LogP contribution in [0.25, 0.3) is 0 Å². The minimum Gasteiger partial charge on any atom is -0.374 e. The lowest BCUT2D eigenvalue weighted by molar-refractivity contribution is -0.0261. The maximum absolute atomic E-state index is 5.54. The first-order valence-electron chi connectivity index (χ1n) is 4.07. The Kier molecular flexibility index (Phi) is 4.65. The summed E-state index contributed by atoms with van der Waals surface area (Å²) in [6.45, 7) is 7.25. The van der Waals surface area contributed by atoms with Crippen LogP contribution in [0.2, 0.25) is 0 Å². The Hall–Kier alpha value is -0.120. The van der Waals surface area contributed by atoms with Gasteiger partial charge in [-0.3, -0.25) is 0 Å². The van der Waals surface area contributed by atoms with Crippen molar-refractivity contribution in [1.29, 1.82) is 0 Å². The molecule has 1 atom stereocenters. The zero-order valence-electron chi connectivity index (χ0n) is 7.76. The van der Waals surface area contributed by atoms with Crippen LogP contribution >= 0.6 is 0 Å². The molecule has 0 radical (unpaired) electrons. The van der Waals surface area contributed by atoms with E-state index in [1.54, 1.807) is 0 Å². The van der Waals surface area contributed by atoms with E-state index in [0.29, 0.717) is 13.2 Å². The van der Waals surface area contributed by atoms with Crippen LogP contribution in [0.3, 0.4) is 0 Å². The lowest BCUT2D eigenvalue weighted by atomic mass is 10.1. The van der Waals surface area contributed by atoms with E-state index in [0.717, 1.165) is 6.42 Å². The summed E-state index contributed by atoms with van der Waals surface area (Å²) in [6, 6.07) is 0.104. The number of hydrogen-bond donors (Lipinski definition) is 2. The largest absolute Gasteiger partial charge is 0.374 e. The molecule has 3 nitrogen and oxygen atoms in total. The Morgan fingerprint density at radius 2 is 2.00 bits per heavy atom.